The number of hydrogen-bond donors (Lipinski definition) is 1. The van der Waals surface area contributed by atoms with Gasteiger partial charge >= 0.3 is 11.1 Å². The van der Waals surface area contributed by atoms with Gasteiger partial charge in [-0.25, -0.2) is 0 Å². The van der Waals surface area contributed by atoms with E-state index in [1.54, 1.807) is 18.2 Å². The number of para-hydroxylation sites is 2. The number of carbonyl (C=O) groups excluding carboxylic acids is 1. The van der Waals surface area contributed by atoms with Crippen LogP contribution in [0.4, 0.5) is 0 Å². The lowest BCUT2D eigenvalue weighted by Gasteiger charge is -2.26. The molecule has 1 N–H and O–H groups in total. The summed E-state index contributed by atoms with van der Waals surface area (Å²) < 4.78 is 2.73. The first kappa shape index (κ1) is 18.2. The smallest absolute Gasteiger partial charge is 0.317 e. The minimum atomic E-state index is -0.667. The number of aryl methyl sites for hydroxylation is 2. The van der Waals surface area contributed by atoms with Crippen LogP contribution in [0.1, 0.15) is 36.9 Å². The first-order valence-electron chi connectivity index (χ1n) is 9.69. The standard InChI is InChI=1S/C22H23N3O3/c1-2-24-18-12-5-6-13-19(18)25(22(28)21(24)27)14-20(26)23-17-11-7-9-15-8-3-4-10-16(15)17/h3-6,8,10,12-13,17H,2,7,9,11,14H2,1H3,(H,23,26)/t17-/m1/s1. The van der Waals surface area contributed by atoms with Crippen LogP contribution in [0, 0.1) is 0 Å². The number of amides is 1. The van der Waals surface area contributed by atoms with E-state index >= 15 is 0 Å². The predicted molar refractivity (Wildman–Crippen MR) is 108 cm³/mol. The number of hydrogen-bond acceptors (Lipinski definition) is 3. The third kappa shape index (κ3) is 3.15. The Kier molecular flexibility index (Phi) is 4.86. The fraction of sp³-hybridized carbons (Fsp3) is 0.318. The molecule has 0 radical (unpaired) electrons. The molecule has 0 saturated carbocycles. The monoisotopic (exact) mass is 377 g/mol. The van der Waals surface area contributed by atoms with E-state index in [1.807, 2.05) is 31.2 Å². The van der Waals surface area contributed by atoms with Crippen molar-refractivity contribution in [3.63, 3.8) is 0 Å². The van der Waals surface area contributed by atoms with Crippen LogP contribution in [0.15, 0.2) is 58.1 Å². The molecule has 2 aromatic carbocycles. The number of nitrogens with zero attached hydrogens (tertiary/aromatic N) is 2. The maximum atomic E-state index is 12.8. The average Bonchev–Trinajstić information content (AvgIpc) is 2.72. The summed E-state index contributed by atoms with van der Waals surface area (Å²) in [6.45, 7) is 2.06. The molecule has 0 saturated heterocycles. The molecule has 0 unspecified atom stereocenters. The number of rotatable bonds is 4. The number of nitrogens with one attached hydrogen (secondary N) is 1. The molecule has 0 aliphatic heterocycles. The van der Waals surface area contributed by atoms with Crippen LogP contribution in [0.3, 0.4) is 0 Å². The molecule has 144 valence electrons. The van der Waals surface area contributed by atoms with Crippen molar-refractivity contribution in [3.05, 3.63) is 80.4 Å². The summed E-state index contributed by atoms with van der Waals surface area (Å²) in [7, 11) is 0. The van der Waals surface area contributed by atoms with Crippen LogP contribution in [0.25, 0.3) is 11.0 Å². The van der Waals surface area contributed by atoms with Crippen LogP contribution in [-0.4, -0.2) is 15.0 Å². The van der Waals surface area contributed by atoms with Gasteiger partial charge in [0.2, 0.25) is 5.91 Å². The molecule has 6 heteroatoms. The maximum Gasteiger partial charge on any atom is 0.317 e. The van der Waals surface area contributed by atoms with Crippen molar-refractivity contribution in [1.82, 2.24) is 14.5 Å². The summed E-state index contributed by atoms with van der Waals surface area (Å²) in [6, 6.07) is 15.3. The van der Waals surface area contributed by atoms with E-state index in [-0.39, 0.29) is 18.5 Å². The van der Waals surface area contributed by atoms with Crippen molar-refractivity contribution >= 4 is 16.9 Å². The molecule has 6 nitrogen and oxygen atoms in total. The van der Waals surface area contributed by atoms with Crippen LogP contribution in [0.2, 0.25) is 0 Å². The molecule has 1 heterocycles. The van der Waals surface area contributed by atoms with Gasteiger partial charge in [-0.15, -0.1) is 0 Å². The van der Waals surface area contributed by atoms with Crippen molar-refractivity contribution in [2.75, 3.05) is 0 Å². The first-order valence-corrected chi connectivity index (χ1v) is 9.69. The van der Waals surface area contributed by atoms with Gasteiger partial charge < -0.3 is 9.88 Å². The fourth-order valence-corrected chi connectivity index (χ4v) is 4.13. The molecule has 0 spiro atoms. The lowest BCUT2D eigenvalue weighted by atomic mass is 9.88. The fourth-order valence-electron chi connectivity index (χ4n) is 4.13. The van der Waals surface area contributed by atoms with Gasteiger partial charge in [0.25, 0.3) is 0 Å². The first-order chi connectivity index (χ1) is 13.6. The summed E-state index contributed by atoms with van der Waals surface area (Å²) in [5.74, 6) is -0.261. The van der Waals surface area contributed by atoms with E-state index in [1.165, 1.54) is 14.7 Å². The Balaban J connectivity index is 1.66. The van der Waals surface area contributed by atoms with Crippen LogP contribution < -0.4 is 16.4 Å². The summed E-state index contributed by atoms with van der Waals surface area (Å²) in [4.78, 5) is 37.9. The van der Waals surface area contributed by atoms with E-state index in [0.717, 1.165) is 24.8 Å². The Labute approximate surface area is 162 Å². The second kappa shape index (κ2) is 7.46. The molecule has 4 rings (SSSR count). The Hall–Kier alpha value is -3.15. The van der Waals surface area contributed by atoms with Crippen molar-refractivity contribution in [2.45, 2.75) is 45.3 Å². The van der Waals surface area contributed by atoms with Gasteiger partial charge in [-0.05, 0) is 49.4 Å². The van der Waals surface area contributed by atoms with Crippen molar-refractivity contribution in [3.8, 4) is 0 Å². The minimum absolute atomic E-state index is 0.0598. The van der Waals surface area contributed by atoms with E-state index in [9.17, 15) is 14.4 Å². The highest BCUT2D eigenvalue weighted by Crippen LogP contribution is 2.29. The van der Waals surface area contributed by atoms with Gasteiger partial charge in [0.1, 0.15) is 6.54 Å². The normalized spacial score (nSPS) is 16.0. The van der Waals surface area contributed by atoms with Crippen molar-refractivity contribution < 1.29 is 4.79 Å². The molecule has 0 bridgehead atoms. The summed E-state index contributed by atoms with van der Waals surface area (Å²) in [6.07, 6.45) is 2.90. The number of benzene rings is 2. The van der Waals surface area contributed by atoms with Gasteiger partial charge in [0.15, 0.2) is 0 Å². The molecular weight excluding hydrogens is 354 g/mol. The Bertz CT molecular complexity index is 1160. The predicted octanol–water partition coefficient (Wildman–Crippen LogP) is 2.38. The number of aromatic nitrogens is 2. The molecule has 28 heavy (non-hydrogen) atoms. The molecule has 1 aliphatic rings. The van der Waals surface area contributed by atoms with Gasteiger partial charge in [0, 0.05) is 6.54 Å². The zero-order chi connectivity index (χ0) is 19.7. The third-order valence-electron chi connectivity index (χ3n) is 5.46. The van der Waals surface area contributed by atoms with Crippen LogP contribution in [0.5, 0.6) is 0 Å². The van der Waals surface area contributed by atoms with Gasteiger partial charge in [-0.2, -0.15) is 0 Å². The number of fused-ring (bicyclic) bond motifs is 2. The van der Waals surface area contributed by atoms with Crippen LogP contribution in [-0.2, 0) is 24.3 Å². The molecular formula is C22H23N3O3. The molecule has 1 atom stereocenters. The van der Waals surface area contributed by atoms with Crippen molar-refractivity contribution in [1.29, 1.82) is 0 Å². The maximum absolute atomic E-state index is 12.8. The highest BCUT2D eigenvalue weighted by Gasteiger charge is 2.22. The number of carbonyl (C=O) groups is 1. The Morgan fingerprint density at radius 1 is 1.00 bits per heavy atom. The second-order valence-corrected chi connectivity index (χ2v) is 7.14. The molecule has 0 fully saturated rings. The van der Waals surface area contributed by atoms with E-state index < -0.39 is 11.1 Å². The van der Waals surface area contributed by atoms with Gasteiger partial charge in [-0.3, -0.25) is 19.0 Å². The summed E-state index contributed by atoms with van der Waals surface area (Å²) in [5, 5.41) is 3.06. The summed E-state index contributed by atoms with van der Waals surface area (Å²) >= 11 is 0. The van der Waals surface area contributed by atoms with E-state index in [4.69, 9.17) is 0 Å². The highest BCUT2D eigenvalue weighted by molar-refractivity contribution is 5.80. The second-order valence-electron chi connectivity index (χ2n) is 7.14. The lowest BCUT2D eigenvalue weighted by Crippen LogP contribution is -2.44. The van der Waals surface area contributed by atoms with Crippen LogP contribution >= 0.6 is 0 Å². The average molecular weight is 377 g/mol. The Morgan fingerprint density at radius 3 is 2.39 bits per heavy atom. The van der Waals surface area contributed by atoms with Crippen molar-refractivity contribution in [2.24, 2.45) is 0 Å². The molecule has 3 aromatic rings. The minimum Gasteiger partial charge on any atom is -0.348 e. The lowest BCUT2D eigenvalue weighted by molar-refractivity contribution is -0.122. The SMILES string of the molecule is CCn1c(=O)c(=O)n(CC(=O)N[C@@H]2CCCc3ccccc32)c2ccccc21. The van der Waals surface area contributed by atoms with Gasteiger partial charge in [-0.1, -0.05) is 36.4 Å². The zero-order valence-electron chi connectivity index (χ0n) is 15.9. The highest BCUT2D eigenvalue weighted by atomic mass is 16.2. The Morgan fingerprint density at radius 2 is 1.64 bits per heavy atom. The zero-order valence-corrected chi connectivity index (χ0v) is 15.9. The topological polar surface area (TPSA) is 73.1 Å². The van der Waals surface area contributed by atoms with E-state index in [2.05, 4.69) is 11.4 Å². The van der Waals surface area contributed by atoms with E-state index in [0.29, 0.717) is 17.6 Å². The van der Waals surface area contributed by atoms with Gasteiger partial charge in [0.05, 0.1) is 17.1 Å². The molecule has 1 aromatic heterocycles. The quantitative estimate of drug-likeness (QED) is 0.710. The molecule has 1 aliphatic carbocycles. The largest absolute Gasteiger partial charge is 0.348 e. The molecule has 1 amide bonds. The third-order valence-corrected chi connectivity index (χ3v) is 5.46. The summed E-state index contributed by atoms with van der Waals surface area (Å²) in [5.41, 5.74) is 2.38.